The number of amides is 1. The summed E-state index contributed by atoms with van der Waals surface area (Å²) in [6.07, 6.45) is 0. The van der Waals surface area contributed by atoms with E-state index < -0.39 is 11.2 Å². The van der Waals surface area contributed by atoms with E-state index in [0.717, 1.165) is 33.0 Å². The van der Waals surface area contributed by atoms with Crippen molar-refractivity contribution in [3.05, 3.63) is 86.6 Å². The van der Waals surface area contributed by atoms with Crippen molar-refractivity contribution in [2.75, 3.05) is 5.75 Å². The van der Waals surface area contributed by atoms with Crippen molar-refractivity contribution in [2.45, 2.75) is 18.5 Å². The molecule has 0 bridgehead atoms. The molecular formula is C24H23N5O3S. The third-order valence-electron chi connectivity index (χ3n) is 5.25. The smallest absolute Gasteiger partial charge is 0.332 e. The molecule has 0 radical (unpaired) electrons. The average molecular weight is 462 g/mol. The Kier molecular flexibility index (Phi) is 6.41. The summed E-state index contributed by atoms with van der Waals surface area (Å²) in [4.78, 5) is 47.0. The first-order chi connectivity index (χ1) is 15.8. The first-order valence-corrected chi connectivity index (χ1v) is 11.3. The van der Waals surface area contributed by atoms with E-state index in [-0.39, 0.29) is 22.7 Å². The Morgan fingerprint density at radius 2 is 1.67 bits per heavy atom. The monoisotopic (exact) mass is 461 g/mol. The maximum atomic E-state index is 12.9. The van der Waals surface area contributed by atoms with Crippen LogP contribution in [0.5, 0.6) is 0 Å². The Morgan fingerprint density at radius 3 is 2.36 bits per heavy atom. The normalized spacial score (nSPS) is 11.0. The van der Waals surface area contributed by atoms with Gasteiger partial charge in [-0.05, 0) is 12.5 Å². The lowest BCUT2D eigenvalue weighted by Gasteiger charge is -2.12. The van der Waals surface area contributed by atoms with Crippen molar-refractivity contribution in [3.8, 4) is 11.4 Å². The number of aromatic nitrogens is 4. The summed E-state index contributed by atoms with van der Waals surface area (Å²) >= 11 is 1.15. The number of thioether (sulfide) groups is 1. The summed E-state index contributed by atoms with van der Waals surface area (Å²) in [5.41, 5.74) is 2.17. The highest BCUT2D eigenvalue weighted by Gasteiger charge is 2.19. The molecule has 168 valence electrons. The molecule has 33 heavy (non-hydrogen) atoms. The topological polar surface area (TPSA) is 98.9 Å². The molecule has 0 atom stereocenters. The summed E-state index contributed by atoms with van der Waals surface area (Å²) in [5.74, 6) is 0.266. The van der Waals surface area contributed by atoms with Crippen molar-refractivity contribution in [1.29, 1.82) is 0 Å². The number of carbonyl (C=O) groups is 1. The van der Waals surface area contributed by atoms with Gasteiger partial charge in [-0.25, -0.2) is 14.8 Å². The quantitative estimate of drug-likeness (QED) is 0.350. The number of hydrogen-bond donors (Lipinski definition) is 1. The molecule has 2 aromatic carbocycles. The Labute approximate surface area is 194 Å². The fourth-order valence-corrected chi connectivity index (χ4v) is 4.19. The predicted octanol–water partition coefficient (Wildman–Crippen LogP) is 2.41. The fourth-order valence-electron chi connectivity index (χ4n) is 3.34. The first-order valence-electron chi connectivity index (χ1n) is 10.3. The van der Waals surface area contributed by atoms with Crippen LogP contribution in [0, 0.1) is 6.92 Å². The van der Waals surface area contributed by atoms with Gasteiger partial charge in [-0.15, -0.1) is 0 Å². The maximum Gasteiger partial charge on any atom is 0.332 e. The summed E-state index contributed by atoms with van der Waals surface area (Å²) < 4.78 is 2.35. The molecule has 0 saturated heterocycles. The van der Waals surface area contributed by atoms with E-state index >= 15 is 0 Å². The first kappa shape index (κ1) is 22.5. The molecule has 0 fully saturated rings. The van der Waals surface area contributed by atoms with Gasteiger partial charge >= 0.3 is 5.69 Å². The van der Waals surface area contributed by atoms with Crippen molar-refractivity contribution in [2.24, 2.45) is 14.1 Å². The highest BCUT2D eigenvalue weighted by molar-refractivity contribution is 8.00. The lowest BCUT2D eigenvalue weighted by atomic mass is 10.1. The third kappa shape index (κ3) is 4.73. The maximum absolute atomic E-state index is 12.9. The van der Waals surface area contributed by atoms with E-state index in [9.17, 15) is 14.4 Å². The number of aryl methyl sites for hydroxylation is 2. The van der Waals surface area contributed by atoms with E-state index in [2.05, 4.69) is 15.3 Å². The zero-order valence-corrected chi connectivity index (χ0v) is 19.3. The second-order valence-electron chi connectivity index (χ2n) is 7.67. The van der Waals surface area contributed by atoms with Gasteiger partial charge in [0.05, 0.1) is 5.75 Å². The molecule has 1 N–H and O–H groups in total. The summed E-state index contributed by atoms with van der Waals surface area (Å²) in [6, 6.07) is 17.2. The largest absolute Gasteiger partial charge is 0.351 e. The van der Waals surface area contributed by atoms with Crippen LogP contribution in [0.15, 0.2) is 69.2 Å². The third-order valence-corrected chi connectivity index (χ3v) is 6.22. The highest BCUT2D eigenvalue weighted by Crippen LogP contribution is 2.25. The minimum Gasteiger partial charge on any atom is -0.351 e. The van der Waals surface area contributed by atoms with Crippen molar-refractivity contribution in [1.82, 2.24) is 24.4 Å². The molecule has 4 rings (SSSR count). The van der Waals surface area contributed by atoms with Crippen LogP contribution in [0.25, 0.3) is 22.4 Å². The molecule has 0 unspecified atom stereocenters. The molecule has 2 aromatic heterocycles. The van der Waals surface area contributed by atoms with E-state index in [1.807, 2.05) is 61.5 Å². The summed E-state index contributed by atoms with van der Waals surface area (Å²) in [5, 5.41) is 3.47. The van der Waals surface area contributed by atoms with E-state index in [4.69, 9.17) is 0 Å². The van der Waals surface area contributed by atoms with E-state index in [0.29, 0.717) is 17.4 Å². The molecule has 8 nitrogen and oxygen atoms in total. The van der Waals surface area contributed by atoms with Crippen molar-refractivity contribution in [3.63, 3.8) is 0 Å². The van der Waals surface area contributed by atoms with Gasteiger partial charge in [0.2, 0.25) is 5.91 Å². The second-order valence-corrected chi connectivity index (χ2v) is 8.64. The fraction of sp³-hybridized carbons (Fsp3) is 0.208. The van der Waals surface area contributed by atoms with Crippen LogP contribution in [0.4, 0.5) is 0 Å². The SMILES string of the molecule is Cc1ccc(CNC(=O)CSc2nc(-c3ccccc3)nc3c2c(=O)n(C)c(=O)n3C)cc1. The minimum atomic E-state index is -0.490. The van der Waals surface area contributed by atoms with Gasteiger partial charge in [-0.1, -0.05) is 71.9 Å². The lowest BCUT2D eigenvalue weighted by molar-refractivity contribution is -0.118. The van der Waals surface area contributed by atoms with Crippen molar-refractivity contribution >= 4 is 28.7 Å². The zero-order chi connectivity index (χ0) is 23.5. The Morgan fingerprint density at radius 1 is 0.970 bits per heavy atom. The number of carbonyl (C=O) groups excluding carboxylic acids is 1. The average Bonchev–Trinajstić information content (AvgIpc) is 2.84. The van der Waals surface area contributed by atoms with Crippen LogP contribution in [0.2, 0.25) is 0 Å². The highest BCUT2D eigenvalue weighted by atomic mass is 32.2. The molecule has 9 heteroatoms. The van der Waals surface area contributed by atoms with Crippen molar-refractivity contribution < 1.29 is 4.79 Å². The van der Waals surface area contributed by atoms with E-state index in [1.54, 1.807) is 7.05 Å². The number of hydrogen-bond acceptors (Lipinski definition) is 6. The molecule has 0 spiro atoms. The molecule has 4 aromatic rings. The minimum absolute atomic E-state index is 0.0677. The summed E-state index contributed by atoms with van der Waals surface area (Å²) in [7, 11) is 2.98. The number of benzene rings is 2. The van der Waals surface area contributed by atoms with Gasteiger partial charge < -0.3 is 5.32 Å². The number of nitrogens with zero attached hydrogens (tertiary/aromatic N) is 4. The molecule has 0 aliphatic carbocycles. The van der Waals surface area contributed by atoms with Gasteiger partial charge in [0, 0.05) is 26.2 Å². The number of rotatable bonds is 6. The standard InChI is InChI=1S/C24H23N5O3S/c1-15-9-11-16(12-10-15)13-25-18(30)14-33-22-19-21(28(2)24(32)29(3)23(19)31)26-20(27-22)17-7-5-4-6-8-17/h4-12H,13-14H2,1-3H3,(H,25,30). The number of nitrogens with one attached hydrogen (secondary N) is 1. The Bertz CT molecular complexity index is 1440. The van der Waals surface area contributed by atoms with Gasteiger partial charge in [-0.3, -0.25) is 18.7 Å². The molecular weight excluding hydrogens is 438 g/mol. The Balaban J connectivity index is 1.66. The van der Waals surface area contributed by atoms with Gasteiger partial charge in [0.1, 0.15) is 10.4 Å². The van der Waals surface area contributed by atoms with Crippen LogP contribution in [-0.2, 0) is 25.4 Å². The predicted molar refractivity (Wildman–Crippen MR) is 129 cm³/mol. The van der Waals surface area contributed by atoms with Crippen LogP contribution in [-0.4, -0.2) is 30.8 Å². The molecule has 0 aliphatic heterocycles. The molecule has 0 saturated carbocycles. The lowest BCUT2D eigenvalue weighted by Crippen LogP contribution is -2.37. The zero-order valence-electron chi connectivity index (χ0n) is 18.5. The Hall–Kier alpha value is -3.72. The van der Waals surface area contributed by atoms with Gasteiger partial charge in [0.15, 0.2) is 11.5 Å². The summed E-state index contributed by atoms with van der Waals surface area (Å²) in [6.45, 7) is 2.42. The van der Waals surface area contributed by atoms with Crippen LogP contribution >= 0.6 is 11.8 Å². The second kappa shape index (κ2) is 9.41. The van der Waals surface area contributed by atoms with Crippen LogP contribution < -0.4 is 16.6 Å². The molecule has 0 aliphatic rings. The number of fused-ring (bicyclic) bond motifs is 1. The van der Waals surface area contributed by atoms with Gasteiger partial charge in [0.25, 0.3) is 5.56 Å². The van der Waals surface area contributed by atoms with Crippen LogP contribution in [0.1, 0.15) is 11.1 Å². The van der Waals surface area contributed by atoms with Gasteiger partial charge in [-0.2, -0.15) is 0 Å². The van der Waals surface area contributed by atoms with E-state index in [1.165, 1.54) is 11.6 Å². The molecule has 2 heterocycles. The van der Waals surface area contributed by atoms with Crippen LogP contribution in [0.3, 0.4) is 0 Å². The molecule has 1 amide bonds.